The molecule has 0 aromatic heterocycles. The Morgan fingerprint density at radius 2 is 1.86 bits per heavy atom. The number of hydrogen-bond acceptors (Lipinski definition) is 2. The highest BCUT2D eigenvalue weighted by molar-refractivity contribution is 5.97. The highest BCUT2D eigenvalue weighted by Crippen LogP contribution is 2.09. The van der Waals surface area contributed by atoms with Crippen LogP contribution in [-0.4, -0.2) is 18.8 Å². The second-order valence-corrected chi connectivity index (χ2v) is 2.92. The number of rotatable bonds is 4. The Morgan fingerprint density at radius 1 is 1.29 bits per heavy atom. The lowest BCUT2D eigenvalue weighted by Gasteiger charge is -2.01. The Bertz CT molecular complexity index is 308. The molecule has 0 amide bonds. The van der Waals surface area contributed by atoms with Crippen LogP contribution < -0.4 is 5.73 Å². The summed E-state index contributed by atoms with van der Waals surface area (Å²) in [4.78, 5) is 11.1. The van der Waals surface area contributed by atoms with Gasteiger partial charge in [-0.3, -0.25) is 4.79 Å². The van der Waals surface area contributed by atoms with Crippen LogP contribution in [0.15, 0.2) is 24.3 Å². The number of nitrogens with two attached hydrogens (primary N) is 1. The Morgan fingerprint density at radius 3 is 2.29 bits per heavy atom. The van der Waals surface area contributed by atoms with Crippen molar-refractivity contribution in [2.24, 2.45) is 5.73 Å². The van der Waals surface area contributed by atoms with E-state index in [1.807, 2.05) is 0 Å². The molecule has 1 rings (SSSR count). The van der Waals surface area contributed by atoms with Gasteiger partial charge in [0.2, 0.25) is 6.43 Å². The largest absolute Gasteiger partial charge is 0.324 e. The molecule has 0 unspecified atom stereocenters. The lowest BCUT2D eigenvalue weighted by Crippen LogP contribution is -2.13. The van der Waals surface area contributed by atoms with Gasteiger partial charge in [0.1, 0.15) is 0 Å². The van der Waals surface area contributed by atoms with Crippen molar-refractivity contribution in [1.29, 1.82) is 0 Å². The van der Waals surface area contributed by atoms with Crippen molar-refractivity contribution in [2.45, 2.75) is 12.8 Å². The zero-order chi connectivity index (χ0) is 10.6. The first kappa shape index (κ1) is 10.8. The van der Waals surface area contributed by atoms with Gasteiger partial charge in [-0.25, -0.2) is 8.78 Å². The molecule has 1 aromatic carbocycles. The van der Waals surface area contributed by atoms with Crippen molar-refractivity contribution in [3.63, 3.8) is 0 Å². The van der Waals surface area contributed by atoms with Gasteiger partial charge in [0.15, 0.2) is 5.78 Å². The Kier molecular flexibility index (Phi) is 3.71. The van der Waals surface area contributed by atoms with Gasteiger partial charge >= 0.3 is 0 Å². The fourth-order valence-electron chi connectivity index (χ4n) is 1.12. The van der Waals surface area contributed by atoms with Crippen molar-refractivity contribution in [3.05, 3.63) is 35.4 Å². The molecule has 0 aliphatic heterocycles. The van der Waals surface area contributed by atoms with Crippen LogP contribution in [0.25, 0.3) is 0 Å². The van der Waals surface area contributed by atoms with Gasteiger partial charge in [0.05, 0.1) is 6.54 Å². The molecule has 0 aliphatic carbocycles. The maximum absolute atomic E-state index is 12.0. The monoisotopic (exact) mass is 199 g/mol. The Balaban J connectivity index is 2.73. The third-order valence-electron chi connectivity index (χ3n) is 1.85. The van der Waals surface area contributed by atoms with Crippen LogP contribution in [0.1, 0.15) is 15.9 Å². The van der Waals surface area contributed by atoms with Gasteiger partial charge in [-0.15, -0.1) is 0 Å². The maximum atomic E-state index is 12.0. The van der Waals surface area contributed by atoms with E-state index in [0.717, 1.165) is 0 Å². The Hall–Kier alpha value is -1.29. The predicted octanol–water partition coefficient (Wildman–Crippen LogP) is 1.64. The molecule has 0 bridgehead atoms. The molecule has 0 radical (unpaired) electrons. The fourth-order valence-corrected chi connectivity index (χ4v) is 1.12. The number of halogens is 2. The van der Waals surface area contributed by atoms with E-state index < -0.39 is 6.43 Å². The first-order valence-electron chi connectivity index (χ1n) is 4.24. The molecule has 0 fully saturated rings. The number of ketones is 1. The molecule has 1 aromatic rings. The van der Waals surface area contributed by atoms with E-state index >= 15 is 0 Å². The molecule has 2 N–H and O–H groups in total. The van der Waals surface area contributed by atoms with Gasteiger partial charge in [-0.1, -0.05) is 24.3 Å². The van der Waals surface area contributed by atoms with Gasteiger partial charge in [0, 0.05) is 12.0 Å². The molecule has 0 atom stereocenters. The summed E-state index contributed by atoms with van der Waals surface area (Å²) in [7, 11) is 0. The highest BCUT2D eigenvalue weighted by Gasteiger charge is 2.06. The molecule has 14 heavy (non-hydrogen) atoms. The molecule has 4 heteroatoms. The standard InChI is InChI=1S/C10H11F2NO/c11-10(12)5-7-1-3-8(4-2-7)9(14)6-13/h1-4,10H,5-6,13H2. The molecule has 2 nitrogen and oxygen atoms in total. The smallest absolute Gasteiger partial charge is 0.242 e. The normalized spacial score (nSPS) is 10.6. The van der Waals surface area contributed by atoms with Crippen LogP contribution in [0, 0.1) is 0 Å². The average Bonchev–Trinajstić information content (AvgIpc) is 2.17. The van der Waals surface area contributed by atoms with E-state index in [9.17, 15) is 13.6 Å². The summed E-state index contributed by atoms with van der Waals surface area (Å²) in [5, 5.41) is 0. The van der Waals surface area contributed by atoms with Crippen LogP contribution in [0.3, 0.4) is 0 Å². The summed E-state index contributed by atoms with van der Waals surface area (Å²) in [5.41, 5.74) is 6.14. The molecule has 0 saturated heterocycles. The molecular formula is C10H11F2NO. The van der Waals surface area contributed by atoms with Crippen molar-refractivity contribution in [2.75, 3.05) is 6.54 Å². The minimum atomic E-state index is -2.36. The zero-order valence-electron chi connectivity index (χ0n) is 7.54. The summed E-state index contributed by atoms with van der Waals surface area (Å²) in [5.74, 6) is -0.186. The molecule has 0 heterocycles. The van der Waals surface area contributed by atoms with E-state index in [1.165, 1.54) is 24.3 Å². The second kappa shape index (κ2) is 4.81. The number of carbonyl (C=O) groups is 1. The molecule has 76 valence electrons. The van der Waals surface area contributed by atoms with Crippen molar-refractivity contribution in [1.82, 2.24) is 0 Å². The number of Topliss-reactive ketones (excluding diaryl/α,β-unsaturated/α-hetero) is 1. The number of benzene rings is 1. The predicted molar refractivity (Wildman–Crippen MR) is 49.5 cm³/mol. The van der Waals surface area contributed by atoms with Crippen LogP contribution >= 0.6 is 0 Å². The van der Waals surface area contributed by atoms with Crippen LogP contribution in [0.4, 0.5) is 8.78 Å². The lowest BCUT2D eigenvalue weighted by molar-refractivity contribution is 0.100. The average molecular weight is 199 g/mol. The SMILES string of the molecule is NCC(=O)c1ccc(CC(F)F)cc1. The topological polar surface area (TPSA) is 43.1 Å². The summed E-state index contributed by atoms with van der Waals surface area (Å²) in [6, 6.07) is 6.09. The van der Waals surface area contributed by atoms with E-state index in [4.69, 9.17) is 5.73 Å². The Labute approximate surface area is 80.7 Å². The summed E-state index contributed by atoms with van der Waals surface area (Å²) in [6.07, 6.45) is -2.64. The minimum absolute atomic E-state index is 0.0613. The van der Waals surface area contributed by atoms with E-state index in [0.29, 0.717) is 11.1 Å². The second-order valence-electron chi connectivity index (χ2n) is 2.92. The zero-order valence-corrected chi connectivity index (χ0v) is 7.54. The molecule has 0 spiro atoms. The molecular weight excluding hydrogens is 188 g/mol. The maximum Gasteiger partial charge on any atom is 0.242 e. The van der Waals surface area contributed by atoms with E-state index in [-0.39, 0.29) is 18.7 Å². The lowest BCUT2D eigenvalue weighted by atomic mass is 10.1. The van der Waals surface area contributed by atoms with Gasteiger partial charge in [0.25, 0.3) is 0 Å². The first-order valence-corrected chi connectivity index (χ1v) is 4.24. The van der Waals surface area contributed by atoms with Crippen LogP contribution in [0.5, 0.6) is 0 Å². The summed E-state index contributed by atoms with van der Waals surface area (Å²) in [6.45, 7) is -0.0613. The summed E-state index contributed by atoms with van der Waals surface area (Å²) >= 11 is 0. The molecule has 0 aliphatic rings. The summed E-state index contributed by atoms with van der Waals surface area (Å²) < 4.78 is 23.9. The van der Waals surface area contributed by atoms with E-state index in [1.54, 1.807) is 0 Å². The minimum Gasteiger partial charge on any atom is -0.324 e. The third-order valence-corrected chi connectivity index (χ3v) is 1.85. The number of hydrogen-bond donors (Lipinski definition) is 1. The van der Waals surface area contributed by atoms with Crippen molar-refractivity contribution in [3.8, 4) is 0 Å². The van der Waals surface area contributed by atoms with Crippen molar-refractivity contribution >= 4 is 5.78 Å². The number of carbonyl (C=O) groups excluding carboxylic acids is 1. The fraction of sp³-hybridized carbons (Fsp3) is 0.300. The van der Waals surface area contributed by atoms with Gasteiger partial charge in [-0.2, -0.15) is 0 Å². The van der Waals surface area contributed by atoms with E-state index in [2.05, 4.69) is 0 Å². The quantitative estimate of drug-likeness (QED) is 0.749. The highest BCUT2D eigenvalue weighted by atomic mass is 19.3. The van der Waals surface area contributed by atoms with Crippen LogP contribution in [-0.2, 0) is 6.42 Å². The van der Waals surface area contributed by atoms with Gasteiger partial charge in [-0.05, 0) is 5.56 Å². The van der Waals surface area contributed by atoms with Crippen LogP contribution in [0.2, 0.25) is 0 Å². The third kappa shape index (κ3) is 2.88. The number of alkyl halides is 2. The van der Waals surface area contributed by atoms with Crippen molar-refractivity contribution < 1.29 is 13.6 Å². The molecule has 0 saturated carbocycles. The van der Waals surface area contributed by atoms with Gasteiger partial charge < -0.3 is 5.73 Å². The first-order chi connectivity index (χ1) is 6.63.